The molecule has 0 radical (unpaired) electrons. The number of halogens is 2. The Morgan fingerprint density at radius 2 is 2.07 bits per heavy atom. The molecule has 1 heterocycles. The zero-order chi connectivity index (χ0) is 10.1. The molecular formula is C9H5BrFNOS. The van der Waals surface area contributed by atoms with Gasteiger partial charge in [0.15, 0.2) is 3.92 Å². The molecule has 0 saturated heterocycles. The van der Waals surface area contributed by atoms with E-state index in [4.69, 9.17) is 0 Å². The minimum Gasteiger partial charge on any atom is -0.492 e. The molecule has 72 valence electrons. The average Bonchev–Trinajstić information content (AvgIpc) is 2.46. The van der Waals surface area contributed by atoms with Gasteiger partial charge < -0.3 is 5.11 Å². The summed E-state index contributed by atoms with van der Waals surface area (Å²) < 4.78 is 13.9. The van der Waals surface area contributed by atoms with Gasteiger partial charge >= 0.3 is 0 Å². The minimum atomic E-state index is -0.362. The molecule has 0 aliphatic heterocycles. The number of benzene rings is 1. The molecular weight excluding hydrogens is 269 g/mol. The molecule has 1 aromatic heterocycles. The molecule has 0 amide bonds. The van der Waals surface area contributed by atoms with Gasteiger partial charge in [-0.05, 0) is 22.0 Å². The molecule has 0 aliphatic rings. The third-order valence-corrected chi connectivity index (χ3v) is 3.23. The predicted molar refractivity (Wildman–Crippen MR) is 56.9 cm³/mol. The van der Waals surface area contributed by atoms with E-state index in [0.29, 0.717) is 14.4 Å². The Morgan fingerprint density at radius 3 is 2.64 bits per heavy atom. The van der Waals surface area contributed by atoms with Crippen molar-refractivity contribution >= 4 is 27.3 Å². The molecule has 2 rings (SSSR count). The monoisotopic (exact) mass is 273 g/mol. The quantitative estimate of drug-likeness (QED) is 0.864. The Labute approximate surface area is 92.2 Å². The van der Waals surface area contributed by atoms with Crippen LogP contribution in [-0.2, 0) is 0 Å². The summed E-state index contributed by atoms with van der Waals surface area (Å²) in [6.45, 7) is 0. The van der Waals surface area contributed by atoms with Crippen LogP contribution in [0.2, 0.25) is 0 Å². The zero-order valence-corrected chi connectivity index (χ0v) is 9.27. The molecule has 0 saturated carbocycles. The van der Waals surface area contributed by atoms with E-state index in [0.717, 1.165) is 0 Å². The molecule has 0 fully saturated rings. The molecule has 0 spiro atoms. The van der Waals surface area contributed by atoms with Gasteiger partial charge in [-0.1, -0.05) is 18.2 Å². The van der Waals surface area contributed by atoms with E-state index < -0.39 is 0 Å². The van der Waals surface area contributed by atoms with Gasteiger partial charge in [0.05, 0.1) is 0 Å². The standard InChI is InChI=1S/C9H5BrFNOS/c10-9-12-8(13)7(14-9)5-3-1-2-4-6(5)11/h1-4,13H. The highest BCUT2D eigenvalue weighted by Gasteiger charge is 2.13. The van der Waals surface area contributed by atoms with Crippen LogP contribution < -0.4 is 0 Å². The molecule has 5 heteroatoms. The third-order valence-electron chi connectivity index (χ3n) is 1.70. The van der Waals surface area contributed by atoms with Crippen LogP contribution in [-0.4, -0.2) is 10.1 Å². The molecule has 0 bridgehead atoms. The number of aromatic hydroxyl groups is 1. The van der Waals surface area contributed by atoms with E-state index in [2.05, 4.69) is 20.9 Å². The van der Waals surface area contributed by atoms with Gasteiger partial charge in [-0.15, -0.1) is 11.3 Å². The van der Waals surface area contributed by atoms with E-state index in [9.17, 15) is 9.50 Å². The summed E-state index contributed by atoms with van der Waals surface area (Å²) in [5, 5.41) is 9.41. The average molecular weight is 274 g/mol. The smallest absolute Gasteiger partial charge is 0.231 e. The number of nitrogens with zero attached hydrogens (tertiary/aromatic N) is 1. The molecule has 2 aromatic rings. The van der Waals surface area contributed by atoms with E-state index in [-0.39, 0.29) is 11.7 Å². The lowest BCUT2D eigenvalue weighted by atomic mass is 10.2. The fourth-order valence-corrected chi connectivity index (χ4v) is 2.47. The van der Waals surface area contributed by atoms with Crippen molar-refractivity contribution in [2.75, 3.05) is 0 Å². The van der Waals surface area contributed by atoms with Gasteiger partial charge in [0.2, 0.25) is 5.88 Å². The largest absolute Gasteiger partial charge is 0.492 e. The molecule has 1 N–H and O–H groups in total. The highest BCUT2D eigenvalue weighted by atomic mass is 79.9. The Hall–Kier alpha value is -0.940. The summed E-state index contributed by atoms with van der Waals surface area (Å²) >= 11 is 4.33. The van der Waals surface area contributed by atoms with Crippen molar-refractivity contribution in [1.82, 2.24) is 4.98 Å². The molecule has 0 atom stereocenters. The first kappa shape index (κ1) is 9.61. The fourth-order valence-electron chi connectivity index (χ4n) is 1.11. The van der Waals surface area contributed by atoms with E-state index >= 15 is 0 Å². The Kier molecular flexibility index (Phi) is 2.52. The van der Waals surface area contributed by atoms with E-state index in [1.54, 1.807) is 18.2 Å². The molecule has 1 aromatic carbocycles. The Bertz CT molecular complexity index is 472. The van der Waals surface area contributed by atoms with Crippen molar-refractivity contribution in [1.29, 1.82) is 0 Å². The zero-order valence-electron chi connectivity index (χ0n) is 6.87. The summed E-state index contributed by atoms with van der Waals surface area (Å²) in [4.78, 5) is 4.19. The first-order valence-corrected chi connectivity index (χ1v) is 5.39. The van der Waals surface area contributed by atoms with Gasteiger partial charge in [0.1, 0.15) is 10.7 Å². The predicted octanol–water partition coefficient (Wildman–Crippen LogP) is 3.42. The van der Waals surface area contributed by atoms with Gasteiger partial charge in [-0.25, -0.2) is 4.39 Å². The summed E-state index contributed by atoms with van der Waals surface area (Å²) in [6.07, 6.45) is 0. The second-order valence-electron chi connectivity index (χ2n) is 2.60. The van der Waals surface area contributed by atoms with Crippen LogP contribution in [0.3, 0.4) is 0 Å². The van der Waals surface area contributed by atoms with Crippen molar-refractivity contribution in [3.63, 3.8) is 0 Å². The van der Waals surface area contributed by atoms with Crippen molar-refractivity contribution in [2.24, 2.45) is 0 Å². The van der Waals surface area contributed by atoms with Crippen LogP contribution in [0.15, 0.2) is 28.2 Å². The lowest BCUT2D eigenvalue weighted by Gasteiger charge is -1.98. The van der Waals surface area contributed by atoms with Crippen LogP contribution in [0.1, 0.15) is 0 Å². The lowest BCUT2D eigenvalue weighted by Crippen LogP contribution is -1.79. The first-order chi connectivity index (χ1) is 6.68. The highest BCUT2D eigenvalue weighted by Crippen LogP contribution is 2.37. The van der Waals surface area contributed by atoms with Crippen molar-refractivity contribution in [3.05, 3.63) is 34.0 Å². The lowest BCUT2D eigenvalue weighted by molar-refractivity contribution is 0.458. The maximum absolute atomic E-state index is 13.3. The topological polar surface area (TPSA) is 33.1 Å². The van der Waals surface area contributed by atoms with Crippen molar-refractivity contribution in [2.45, 2.75) is 0 Å². The maximum atomic E-state index is 13.3. The van der Waals surface area contributed by atoms with Crippen LogP contribution in [0.5, 0.6) is 5.88 Å². The van der Waals surface area contributed by atoms with Crippen LogP contribution in [0, 0.1) is 5.82 Å². The summed E-state index contributed by atoms with van der Waals surface area (Å²) in [6, 6.07) is 6.27. The molecule has 14 heavy (non-hydrogen) atoms. The summed E-state index contributed by atoms with van der Waals surface area (Å²) in [7, 11) is 0. The number of aromatic nitrogens is 1. The van der Waals surface area contributed by atoms with E-state index in [1.165, 1.54) is 17.4 Å². The molecule has 0 unspecified atom stereocenters. The Balaban J connectivity index is 2.60. The maximum Gasteiger partial charge on any atom is 0.231 e. The SMILES string of the molecule is Oc1nc(Br)sc1-c1ccccc1F. The minimum absolute atomic E-state index is 0.146. The van der Waals surface area contributed by atoms with Crippen LogP contribution >= 0.6 is 27.3 Å². The summed E-state index contributed by atoms with van der Waals surface area (Å²) in [5.41, 5.74) is 0.369. The number of rotatable bonds is 1. The Morgan fingerprint density at radius 1 is 1.36 bits per heavy atom. The summed E-state index contributed by atoms with van der Waals surface area (Å²) in [5.74, 6) is -0.508. The fraction of sp³-hybridized carbons (Fsp3) is 0. The molecule has 2 nitrogen and oxygen atoms in total. The first-order valence-electron chi connectivity index (χ1n) is 3.78. The van der Waals surface area contributed by atoms with Gasteiger partial charge in [-0.2, -0.15) is 4.98 Å². The van der Waals surface area contributed by atoms with Crippen molar-refractivity contribution < 1.29 is 9.50 Å². The van der Waals surface area contributed by atoms with Crippen LogP contribution in [0.4, 0.5) is 4.39 Å². The second-order valence-corrected chi connectivity index (χ2v) is 4.87. The van der Waals surface area contributed by atoms with Gasteiger partial charge in [0, 0.05) is 5.56 Å². The third kappa shape index (κ3) is 1.65. The van der Waals surface area contributed by atoms with Crippen molar-refractivity contribution in [3.8, 4) is 16.3 Å². The van der Waals surface area contributed by atoms with E-state index in [1.807, 2.05) is 0 Å². The molecule has 0 aliphatic carbocycles. The normalized spacial score (nSPS) is 10.4. The highest BCUT2D eigenvalue weighted by molar-refractivity contribution is 9.11. The van der Waals surface area contributed by atoms with Gasteiger partial charge in [0.25, 0.3) is 0 Å². The van der Waals surface area contributed by atoms with Gasteiger partial charge in [-0.3, -0.25) is 0 Å². The van der Waals surface area contributed by atoms with Crippen LogP contribution in [0.25, 0.3) is 10.4 Å². The second kappa shape index (κ2) is 3.67. The number of hydrogen-bond donors (Lipinski definition) is 1. The number of hydrogen-bond acceptors (Lipinski definition) is 3. The number of thiazole rings is 1.